The summed E-state index contributed by atoms with van der Waals surface area (Å²) < 4.78 is 19.3. The van der Waals surface area contributed by atoms with Crippen LogP contribution in [-0.2, 0) is 6.54 Å². The van der Waals surface area contributed by atoms with Gasteiger partial charge in [-0.15, -0.1) is 5.10 Å². The third-order valence-corrected chi connectivity index (χ3v) is 6.84. The maximum Gasteiger partial charge on any atom is 0.209 e. The first kappa shape index (κ1) is 23.0. The van der Waals surface area contributed by atoms with Crippen LogP contribution in [0.25, 0.3) is 11.4 Å². The Bertz CT molecular complexity index is 1350. The van der Waals surface area contributed by atoms with Gasteiger partial charge in [0.25, 0.3) is 0 Å². The van der Waals surface area contributed by atoms with Crippen molar-refractivity contribution >= 4 is 17.5 Å². The Hall–Kier alpha value is -3.72. The number of ketones is 1. The summed E-state index contributed by atoms with van der Waals surface area (Å²) in [6.07, 6.45) is -0.128. The van der Waals surface area contributed by atoms with Crippen LogP contribution in [0.5, 0.6) is 17.2 Å². The summed E-state index contributed by atoms with van der Waals surface area (Å²) >= 11 is 1.32. The molecule has 1 aliphatic rings. The second-order valence-electron chi connectivity index (χ2n) is 8.30. The fourth-order valence-corrected chi connectivity index (χ4v) is 4.80. The van der Waals surface area contributed by atoms with E-state index in [0.29, 0.717) is 29.7 Å². The van der Waals surface area contributed by atoms with E-state index in [1.807, 2.05) is 68.4 Å². The van der Waals surface area contributed by atoms with Gasteiger partial charge in [-0.05, 0) is 56.3 Å². The Morgan fingerprint density at radius 1 is 1.17 bits per heavy atom. The fraction of sp³-hybridized carbons (Fsp3) is 0.269. The molecule has 0 radical (unpaired) electrons. The van der Waals surface area contributed by atoms with Crippen molar-refractivity contribution < 1.29 is 19.0 Å². The normalized spacial score (nSPS) is 14.7. The predicted molar refractivity (Wildman–Crippen MR) is 134 cm³/mol. The molecule has 1 atom stereocenters. The van der Waals surface area contributed by atoms with E-state index in [1.165, 1.54) is 11.8 Å². The van der Waals surface area contributed by atoms with Crippen molar-refractivity contribution in [3.63, 3.8) is 0 Å². The van der Waals surface area contributed by atoms with Gasteiger partial charge in [0.05, 0.1) is 19.4 Å². The Kier molecular flexibility index (Phi) is 6.50. The van der Waals surface area contributed by atoms with Crippen LogP contribution in [0.15, 0.2) is 59.8 Å². The largest absolute Gasteiger partial charge is 0.497 e. The van der Waals surface area contributed by atoms with E-state index < -0.39 is 0 Å². The SMILES string of the molecule is COc1ccc(-c2nc(SCC(=O)c3cc(C)n(CC4COc5ccccc5O4)c3C)n[nH]2)cc1. The van der Waals surface area contributed by atoms with Crippen LogP contribution >= 0.6 is 11.8 Å². The van der Waals surface area contributed by atoms with Gasteiger partial charge in [-0.2, -0.15) is 0 Å². The van der Waals surface area contributed by atoms with Gasteiger partial charge < -0.3 is 18.8 Å². The standard InChI is InChI=1S/C26H26N4O4S/c1-16-12-21(17(2)30(16)13-20-14-33-23-6-4-5-7-24(23)34-20)22(31)15-35-26-27-25(28-29-26)18-8-10-19(32-3)11-9-18/h4-12,20H,13-15H2,1-3H3,(H,27,28,29). The Labute approximate surface area is 207 Å². The van der Waals surface area contributed by atoms with Crippen LogP contribution < -0.4 is 14.2 Å². The molecule has 3 heterocycles. The van der Waals surface area contributed by atoms with Gasteiger partial charge in [-0.3, -0.25) is 9.89 Å². The first-order valence-electron chi connectivity index (χ1n) is 11.3. The summed E-state index contributed by atoms with van der Waals surface area (Å²) in [4.78, 5) is 17.5. The third kappa shape index (κ3) is 4.90. The molecule has 0 spiro atoms. The number of nitrogens with zero attached hydrogens (tertiary/aromatic N) is 3. The molecule has 0 saturated carbocycles. The molecule has 0 saturated heterocycles. The lowest BCUT2D eigenvalue weighted by molar-refractivity contribution is 0.0777. The van der Waals surface area contributed by atoms with Crippen molar-refractivity contribution in [1.29, 1.82) is 0 Å². The number of hydrogen-bond donors (Lipinski definition) is 1. The number of aromatic amines is 1. The quantitative estimate of drug-likeness (QED) is 0.282. The Balaban J connectivity index is 1.22. The van der Waals surface area contributed by atoms with E-state index in [0.717, 1.165) is 34.2 Å². The van der Waals surface area contributed by atoms with Crippen molar-refractivity contribution in [1.82, 2.24) is 19.7 Å². The number of Topliss-reactive ketones (excluding diaryl/α,β-unsaturated/α-hetero) is 1. The number of aromatic nitrogens is 4. The van der Waals surface area contributed by atoms with E-state index >= 15 is 0 Å². The number of fused-ring (bicyclic) bond motifs is 1. The average molecular weight is 491 g/mol. The molecule has 4 aromatic rings. The van der Waals surface area contributed by atoms with Crippen molar-refractivity contribution in [2.45, 2.75) is 31.7 Å². The summed E-state index contributed by atoms with van der Waals surface area (Å²) in [5, 5.41) is 7.72. The molecule has 8 nitrogen and oxygen atoms in total. The minimum Gasteiger partial charge on any atom is -0.497 e. The zero-order valence-corrected chi connectivity index (χ0v) is 20.6. The molecule has 1 N–H and O–H groups in total. The molecule has 0 bridgehead atoms. The maximum absolute atomic E-state index is 13.0. The lowest BCUT2D eigenvalue weighted by Gasteiger charge is -2.27. The zero-order valence-electron chi connectivity index (χ0n) is 19.8. The zero-order chi connectivity index (χ0) is 24.4. The monoisotopic (exact) mass is 490 g/mol. The van der Waals surface area contributed by atoms with Crippen LogP contribution in [0.4, 0.5) is 0 Å². The first-order valence-corrected chi connectivity index (χ1v) is 12.3. The van der Waals surface area contributed by atoms with Gasteiger partial charge in [0.1, 0.15) is 12.4 Å². The van der Waals surface area contributed by atoms with E-state index in [1.54, 1.807) is 7.11 Å². The number of thioether (sulfide) groups is 1. The molecule has 1 unspecified atom stereocenters. The summed E-state index contributed by atoms with van der Waals surface area (Å²) in [6, 6.07) is 17.2. The first-order chi connectivity index (χ1) is 17.0. The van der Waals surface area contributed by atoms with Gasteiger partial charge in [0.15, 0.2) is 29.2 Å². The van der Waals surface area contributed by atoms with Crippen molar-refractivity contribution in [2.75, 3.05) is 19.5 Å². The molecule has 0 amide bonds. The molecule has 180 valence electrons. The highest BCUT2D eigenvalue weighted by atomic mass is 32.2. The number of aryl methyl sites for hydroxylation is 1. The highest BCUT2D eigenvalue weighted by Crippen LogP contribution is 2.32. The maximum atomic E-state index is 13.0. The number of para-hydroxylation sites is 2. The number of benzene rings is 2. The summed E-state index contributed by atoms with van der Waals surface area (Å²) in [7, 11) is 1.63. The minimum atomic E-state index is -0.128. The van der Waals surface area contributed by atoms with Crippen molar-refractivity contribution in [3.8, 4) is 28.6 Å². The second-order valence-corrected chi connectivity index (χ2v) is 9.24. The second kappa shape index (κ2) is 9.87. The Morgan fingerprint density at radius 3 is 2.71 bits per heavy atom. The fourth-order valence-electron chi connectivity index (χ4n) is 4.12. The number of hydrogen-bond acceptors (Lipinski definition) is 7. The highest BCUT2D eigenvalue weighted by Gasteiger charge is 2.24. The number of carbonyl (C=O) groups excluding carboxylic acids is 1. The van der Waals surface area contributed by atoms with E-state index in [2.05, 4.69) is 19.7 Å². The van der Waals surface area contributed by atoms with Gasteiger partial charge >= 0.3 is 0 Å². The topological polar surface area (TPSA) is 91.3 Å². The number of carbonyl (C=O) groups is 1. The average Bonchev–Trinajstić information content (AvgIpc) is 3.47. The van der Waals surface area contributed by atoms with Gasteiger partial charge in [-0.1, -0.05) is 23.9 Å². The number of nitrogens with one attached hydrogen (secondary N) is 1. The molecule has 0 fully saturated rings. The van der Waals surface area contributed by atoms with Crippen LogP contribution in [0.2, 0.25) is 0 Å². The molecule has 9 heteroatoms. The third-order valence-electron chi connectivity index (χ3n) is 5.99. The highest BCUT2D eigenvalue weighted by molar-refractivity contribution is 7.99. The minimum absolute atomic E-state index is 0.0382. The molecular formula is C26H26N4O4S. The summed E-state index contributed by atoms with van der Waals surface area (Å²) in [5.74, 6) is 3.23. The smallest absolute Gasteiger partial charge is 0.209 e. The van der Waals surface area contributed by atoms with E-state index in [-0.39, 0.29) is 17.6 Å². The molecule has 2 aromatic heterocycles. The molecular weight excluding hydrogens is 464 g/mol. The number of methoxy groups -OCH3 is 1. The van der Waals surface area contributed by atoms with E-state index in [4.69, 9.17) is 14.2 Å². The van der Waals surface area contributed by atoms with Crippen LogP contribution in [0.3, 0.4) is 0 Å². The molecule has 1 aliphatic heterocycles. The predicted octanol–water partition coefficient (Wildman–Crippen LogP) is 4.71. The molecule has 5 rings (SSSR count). The Morgan fingerprint density at radius 2 is 1.94 bits per heavy atom. The lowest BCUT2D eigenvalue weighted by atomic mass is 10.2. The van der Waals surface area contributed by atoms with Gasteiger partial charge in [0, 0.05) is 22.5 Å². The van der Waals surface area contributed by atoms with Gasteiger partial charge in [-0.25, -0.2) is 4.98 Å². The molecule has 2 aromatic carbocycles. The number of ether oxygens (including phenoxy) is 3. The number of H-pyrrole nitrogens is 1. The van der Waals surface area contributed by atoms with Crippen LogP contribution in [-0.4, -0.2) is 51.1 Å². The van der Waals surface area contributed by atoms with Crippen LogP contribution in [0, 0.1) is 13.8 Å². The van der Waals surface area contributed by atoms with Crippen molar-refractivity contribution in [2.24, 2.45) is 0 Å². The van der Waals surface area contributed by atoms with Crippen molar-refractivity contribution in [3.05, 3.63) is 71.5 Å². The van der Waals surface area contributed by atoms with Gasteiger partial charge in [0.2, 0.25) is 5.16 Å². The summed E-state index contributed by atoms with van der Waals surface area (Å²) in [6.45, 7) is 5.05. The number of rotatable bonds is 8. The molecule has 0 aliphatic carbocycles. The lowest BCUT2D eigenvalue weighted by Crippen LogP contribution is -2.33. The van der Waals surface area contributed by atoms with E-state index in [9.17, 15) is 4.79 Å². The molecule has 35 heavy (non-hydrogen) atoms. The summed E-state index contributed by atoms with van der Waals surface area (Å²) in [5.41, 5.74) is 3.54. The van der Waals surface area contributed by atoms with Crippen LogP contribution in [0.1, 0.15) is 21.7 Å².